The summed E-state index contributed by atoms with van der Waals surface area (Å²) in [7, 11) is 1.50. The molecule has 0 atom stereocenters. The minimum absolute atomic E-state index is 0.0186. The molecule has 2 rings (SSSR count). The molecule has 0 aliphatic carbocycles. The van der Waals surface area contributed by atoms with E-state index >= 15 is 0 Å². The van der Waals surface area contributed by atoms with Gasteiger partial charge in [0.25, 0.3) is 17.7 Å². The Bertz CT molecular complexity index is 798. The maximum atomic E-state index is 11.9. The molecule has 0 saturated heterocycles. The zero-order valence-corrected chi connectivity index (χ0v) is 14.5. The maximum absolute atomic E-state index is 11.9. The molecule has 2 N–H and O–H groups in total. The van der Waals surface area contributed by atoms with E-state index in [1.807, 2.05) is 0 Å². The molecule has 0 aliphatic rings. The van der Waals surface area contributed by atoms with Crippen LogP contribution in [0.1, 0.15) is 27.3 Å². The highest BCUT2D eigenvalue weighted by atomic mass is 16.5. The van der Waals surface area contributed by atoms with Crippen molar-refractivity contribution < 1.29 is 33.1 Å². The fourth-order valence-electron chi connectivity index (χ4n) is 1.97. The van der Waals surface area contributed by atoms with Gasteiger partial charge in [0.05, 0.1) is 19.8 Å². The number of hydrogen-bond donors (Lipinski definition) is 2. The standard InChI is InChI=1S/C18H18N2O7/c1-25-13-6-4-12(5-7-13)17(23)20-15(21)11-27-16(22)8-9-19-18(24)14-3-2-10-26-14/h2-7,10H,8-9,11H2,1H3,(H,19,24)(H,20,21,23). The predicted octanol–water partition coefficient (Wildman–Crippen LogP) is 0.908. The van der Waals surface area contributed by atoms with Crippen molar-refractivity contribution in [3.63, 3.8) is 0 Å². The van der Waals surface area contributed by atoms with E-state index in [1.165, 1.54) is 31.6 Å². The number of furan rings is 1. The van der Waals surface area contributed by atoms with Gasteiger partial charge in [-0.25, -0.2) is 0 Å². The topological polar surface area (TPSA) is 124 Å². The molecule has 0 bridgehead atoms. The van der Waals surface area contributed by atoms with Gasteiger partial charge in [-0.15, -0.1) is 0 Å². The van der Waals surface area contributed by atoms with Gasteiger partial charge in [-0.2, -0.15) is 0 Å². The fourth-order valence-corrected chi connectivity index (χ4v) is 1.97. The molecule has 0 spiro atoms. The summed E-state index contributed by atoms with van der Waals surface area (Å²) < 4.78 is 14.6. The van der Waals surface area contributed by atoms with Crippen LogP contribution in [-0.4, -0.2) is 44.0 Å². The van der Waals surface area contributed by atoms with Crippen molar-refractivity contribution in [2.24, 2.45) is 0 Å². The Labute approximate surface area is 154 Å². The zero-order chi connectivity index (χ0) is 19.6. The van der Waals surface area contributed by atoms with Gasteiger partial charge in [-0.1, -0.05) is 0 Å². The minimum Gasteiger partial charge on any atom is -0.497 e. The molecule has 3 amide bonds. The molecular weight excluding hydrogens is 356 g/mol. The van der Waals surface area contributed by atoms with Gasteiger partial charge in [0, 0.05) is 12.1 Å². The Morgan fingerprint density at radius 2 is 1.78 bits per heavy atom. The summed E-state index contributed by atoms with van der Waals surface area (Å²) in [6.45, 7) is -0.586. The van der Waals surface area contributed by atoms with Gasteiger partial charge < -0.3 is 19.2 Å². The first-order valence-corrected chi connectivity index (χ1v) is 7.95. The van der Waals surface area contributed by atoms with E-state index in [1.54, 1.807) is 18.2 Å². The Morgan fingerprint density at radius 1 is 1.04 bits per heavy atom. The van der Waals surface area contributed by atoms with Crippen molar-refractivity contribution in [2.45, 2.75) is 6.42 Å². The summed E-state index contributed by atoms with van der Waals surface area (Å²) in [6, 6.07) is 9.20. The van der Waals surface area contributed by atoms with Crippen LogP contribution in [0.4, 0.5) is 0 Å². The highest BCUT2D eigenvalue weighted by Gasteiger charge is 2.13. The average Bonchev–Trinajstić information content (AvgIpc) is 3.21. The van der Waals surface area contributed by atoms with Gasteiger partial charge in [0.15, 0.2) is 12.4 Å². The largest absolute Gasteiger partial charge is 0.497 e. The molecule has 0 unspecified atom stereocenters. The van der Waals surface area contributed by atoms with Gasteiger partial charge in [0.2, 0.25) is 0 Å². The first-order valence-electron chi connectivity index (χ1n) is 7.95. The second-order valence-corrected chi connectivity index (χ2v) is 5.25. The molecule has 0 fully saturated rings. The van der Waals surface area contributed by atoms with E-state index in [0.29, 0.717) is 5.75 Å². The highest BCUT2D eigenvalue weighted by molar-refractivity contribution is 6.05. The summed E-state index contributed by atoms with van der Waals surface area (Å²) in [5, 5.41) is 4.57. The first kappa shape index (κ1) is 19.7. The van der Waals surface area contributed by atoms with E-state index in [0.717, 1.165) is 0 Å². The van der Waals surface area contributed by atoms with Crippen LogP contribution in [0.2, 0.25) is 0 Å². The molecule has 0 radical (unpaired) electrons. The number of esters is 1. The van der Waals surface area contributed by atoms with E-state index in [9.17, 15) is 19.2 Å². The molecule has 27 heavy (non-hydrogen) atoms. The molecule has 1 aromatic heterocycles. The third kappa shape index (κ3) is 6.31. The molecule has 9 heteroatoms. The van der Waals surface area contributed by atoms with Gasteiger partial charge >= 0.3 is 5.97 Å². The van der Waals surface area contributed by atoms with Crippen LogP contribution in [-0.2, 0) is 14.3 Å². The SMILES string of the molecule is COc1ccc(C(=O)NC(=O)COC(=O)CCNC(=O)c2ccco2)cc1. The first-order chi connectivity index (χ1) is 13.0. The van der Waals surface area contributed by atoms with E-state index < -0.39 is 30.3 Å². The van der Waals surface area contributed by atoms with Gasteiger partial charge in [0.1, 0.15) is 5.75 Å². The van der Waals surface area contributed by atoms with Crippen LogP contribution < -0.4 is 15.4 Å². The number of hydrogen-bond acceptors (Lipinski definition) is 7. The Kier molecular flexibility index (Phi) is 7.12. The summed E-state index contributed by atoms with van der Waals surface area (Å²) >= 11 is 0. The number of amides is 3. The number of ether oxygens (including phenoxy) is 2. The van der Waals surface area contributed by atoms with Gasteiger partial charge in [-0.05, 0) is 36.4 Å². The van der Waals surface area contributed by atoms with Crippen molar-refractivity contribution in [1.82, 2.24) is 10.6 Å². The molecule has 0 aliphatic heterocycles. The molecule has 142 valence electrons. The van der Waals surface area contributed by atoms with Crippen LogP contribution in [0.3, 0.4) is 0 Å². The smallest absolute Gasteiger partial charge is 0.308 e. The van der Waals surface area contributed by atoms with Crippen LogP contribution in [0.25, 0.3) is 0 Å². The Hall–Kier alpha value is -3.62. The van der Waals surface area contributed by atoms with Crippen molar-refractivity contribution in [3.8, 4) is 5.75 Å². The normalized spacial score (nSPS) is 9.96. The van der Waals surface area contributed by atoms with Crippen molar-refractivity contribution in [2.75, 3.05) is 20.3 Å². The Morgan fingerprint density at radius 3 is 2.41 bits per heavy atom. The minimum atomic E-state index is -0.760. The lowest BCUT2D eigenvalue weighted by Crippen LogP contribution is -2.34. The molecule has 2 aromatic rings. The quantitative estimate of drug-likeness (QED) is 0.658. The van der Waals surface area contributed by atoms with E-state index in [4.69, 9.17) is 13.9 Å². The second kappa shape index (κ2) is 9.76. The molecule has 1 aromatic carbocycles. The zero-order valence-electron chi connectivity index (χ0n) is 14.5. The van der Waals surface area contributed by atoms with E-state index in [-0.39, 0.29) is 24.3 Å². The van der Waals surface area contributed by atoms with Gasteiger partial charge in [-0.3, -0.25) is 24.5 Å². The second-order valence-electron chi connectivity index (χ2n) is 5.25. The number of imide groups is 1. The summed E-state index contributed by atoms with van der Waals surface area (Å²) in [4.78, 5) is 46.7. The lowest BCUT2D eigenvalue weighted by molar-refractivity contribution is -0.148. The lowest BCUT2D eigenvalue weighted by Gasteiger charge is -2.07. The average molecular weight is 374 g/mol. The summed E-state index contributed by atoms with van der Waals surface area (Å²) in [6.07, 6.45) is 1.22. The number of rotatable bonds is 8. The third-order valence-electron chi connectivity index (χ3n) is 3.33. The van der Waals surface area contributed by atoms with Crippen LogP contribution >= 0.6 is 0 Å². The number of nitrogens with one attached hydrogen (secondary N) is 2. The van der Waals surface area contributed by atoms with E-state index in [2.05, 4.69) is 10.6 Å². The number of carbonyl (C=O) groups excluding carboxylic acids is 4. The fraction of sp³-hybridized carbons (Fsp3) is 0.222. The summed E-state index contributed by atoms with van der Waals surface area (Å²) in [5.41, 5.74) is 0.260. The summed E-state index contributed by atoms with van der Waals surface area (Å²) in [5.74, 6) is -1.84. The monoisotopic (exact) mass is 374 g/mol. The van der Waals surface area contributed by atoms with Crippen LogP contribution in [0.5, 0.6) is 5.75 Å². The van der Waals surface area contributed by atoms with Crippen LogP contribution in [0.15, 0.2) is 47.1 Å². The molecule has 1 heterocycles. The molecular formula is C18H18N2O7. The maximum Gasteiger partial charge on any atom is 0.308 e. The number of benzene rings is 1. The number of carbonyl (C=O) groups is 4. The third-order valence-corrected chi connectivity index (χ3v) is 3.33. The van der Waals surface area contributed by atoms with Crippen molar-refractivity contribution in [3.05, 3.63) is 54.0 Å². The van der Waals surface area contributed by atoms with Crippen LogP contribution in [0, 0.1) is 0 Å². The predicted molar refractivity (Wildman–Crippen MR) is 92.1 cm³/mol. The van der Waals surface area contributed by atoms with Crippen molar-refractivity contribution in [1.29, 1.82) is 0 Å². The molecule has 0 saturated carbocycles. The van der Waals surface area contributed by atoms with Crippen molar-refractivity contribution >= 4 is 23.7 Å². The lowest BCUT2D eigenvalue weighted by atomic mass is 10.2. The Balaban J connectivity index is 1.66. The molecule has 9 nitrogen and oxygen atoms in total. The highest BCUT2D eigenvalue weighted by Crippen LogP contribution is 2.11. The number of methoxy groups -OCH3 is 1.